The minimum atomic E-state index is -1.12. The SMILES string of the molecule is O=C(Nc1cccc(OCC(=O)N2CCOCC2C(=O)O)c1)c1ccco1. The second-order valence-corrected chi connectivity index (χ2v) is 5.76. The third-order valence-electron chi connectivity index (χ3n) is 3.93. The Balaban J connectivity index is 1.58. The van der Waals surface area contributed by atoms with E-state index in [4.69, 9.17) is 13.9 Å². The van der Waals surface area contributed by atoms with Crippen molar-refractivity contribution in [3.63, 3.8) is 0 Å². The zero-order valence-electron chi connectivity index (χ0n) is 14.3. The molecule has 0 aliphatic carbocycles. The van der Waals surface area contributed by atoms with Gasteiger partial charge in [-0.15, -0.1) is 0 Å². The number of carboxylic acids is 1. The summed E-state index contributed by atoms with van der Waals surface area (Å²) in [6.07, 6.45) is 1.40. The number of carboxylic acid groups (broad SMARTS) is 1. The highest BCUT2D eigenvalue weighted by molar-refractivity contribution is 6.02. The fourth-order valence-corrected chi connectivity index (χ4v) is 2.60. The molecule has 0 bridgehead atoms. The number of rotatable bonds is 6. The van der Waals surface area contributed by atoms with Gasteiger partial charge in [-0.2, -0.15) is 0 Å². The standard InChI is InChI=1S/C18H18N2O7/c21-16(20-6-8-25-10-14(20)18(23)24)11-27-13-4-1-3-12(9-13)19-17(22)15-5-2-7-26-15/h1-5,7,9,14H,6,8,10-11H2,(H,19,22)(H,23,24). The number of morpholine rings is 1. The van der Waals surface area contributed by atoms with Gasteiger partial charge in [0, 0.05) is 18.3 Å². The first-order valence-corrected chi connectivity index (χ1v) is 8.22. The molecule has 0 spiro atoms. The molecule has 2 aromatic rings. The van der Waals surface area contributed by atoms with E-state index in [1.165, 1.54) is 17.2 Å². The predicted molar refractivity (Wildman–Crippen MR) is 92.6 cm³/mol. The fourth-order valence-electron chi connectivity index (χ4n) is 2.60. The second kappa shape index (κ2) is 8.37. The molecule has 1 saturated heterocycles. The van der Waals surface area contributed by atoms with Gasteiger partial charge in [-0.05, 0) is 24.3 Å². The average Bonchev–Trinajstić information content (AvgIpc) is 3.21. The lowest BCUT2D eigenvalue weighted by Crippen LogP contribution is -2.53. The number of nitrogens with one attached hydrogen (secondary N) is 1. The van der Waals surface area contributed by atoms with Gasteiger partial charge in [-0.1, -0.05) is 6.07 Å². The van der Waals surface area contributed by atoms with Gasteiger partial charge in [-0.3, -0.25) is 9.59 Å². The van der Waals surface area contributed by atoms with E-state index in [1.54, 1.807) is 30.3 Å². The van der Waals surface area contributed by atoms with Gasteiger partial charge >= 0.3 is 5.97 Å². The molecule has 2 amide bonds. The van der Waals surface area contributed by atoms with E-state index < -0.39 is 23.8 Å². The van der Waals surface area contributed by atoms with E-state index in [1.807, 2.05) is 0 Å². The zero-order chi connectivity index (χ0) is 19.2. The summed E-state index contributed by atoms with van der Waals surface area (Å²) in [5.74, 6) is -1.45. The average molecular weight is 374 g/mol. The number of amides is 2. The highest BCUT2D eigenvalue weighted by Crippen LogP contribution is 2.19. The number of benzene rings is 1. The number of hydrogen-bond donors (Lipinski definition) is 2. The maximum Gasteiger partial charge on any atom is 0.328 e. The second-order valence-electron chi connectivity index (χ2n) is 5.76. The van der Waals surface area contributed by atoms with Crippen LogP contribution in [0.5, 0.6) is 5.75 Å². The lowest BCUT2D eigenvalue weighted by Gasteiger charge is -2.32. The number of furan rings is 1. The predicted octanol–water partition coefficient (Wildman–Crippen LogP) is 1.22. The zero-order valence-corrected chi connectivity index (χ0v) is 14.3. The van der Waals surface area contributed by atoms with Crippen LogP contribution in [0.2, 0.25) is 0 Å². The first-order chi connectivity index (χ1) is 13.0. The Labute approximate surface area is 154 Å². The maximum atomic E-state index is 12.3. The van der Waals surface area contributed by atoms with Crippen LogP contribution in [0.15, 0.2) is 47.1 Å². The van der Waals surface area contributed by atoms with Gasteiger partial charge in [0.15, 0.2) is 18.4 Å². The summed E-state index contributed by atoms with van der Waals surface area (Å²) in [6, 6.07) is 8.63. The van der Waals surface area contributed by atoms with Crippen molar-refractivity contribution >= 4 is 23.5 Å². The lowest BCUT2D eigenvalue weighted by molar-refractivity contribution is -0.159. The molecule has 27 heavy (non-hydrogen) atoms. The molecule has 2 heterocycles. The van der Waals surface area contributed by atoms with Crippen LogP contribution in [0.1, 0.15) is 10.6 Å². The number of nitrogens with zero attached hydrogens (tertiary/aromatic N) is 1. The summed E-state index contributed by atoms with van der Waals surface area (Å²) in [7, 11) is 0. The van der Waals surface area contributed by atoms with E-state index in [2.05, 4.69) is 5.32 Å². The molecule has 1 unspecified atom stereocenters. The number of carbonyl (C=O) groups is 3. The van der Waals surface area contributed by atoms with E-state index in [0.29, 0.717) is 11.4 Å². The van der Waals surface area contributed by atoms with E-state index in [-0.39, 0.29) is 32.1 Å². The van der Waals surface area contributed by atoms with Crippen LogP contribution in [0.4, 0.5) is 5.69 Å². The molecule has 0 radical (unpaired) electrons. The molecule has 1 aliphatic heterocycles. The summed E-state index contributed by atoms with van der Waals surface area (Å²) < 4.78 is 15.6. The fraction of sp³-hybridized carbons (Fsp3) is 0.278. The molecule has 2 N–H and O–H groups in total. The van der Waals surface area contributed by atoms with E-state index in [0.717, 1.165) is 0 Å². The summed E-state index contributed by atoms with van der Waals surface area (Å²) in [5, 5.41) is 11.8. The van der Waals surface area contributed by atoms with Crippen molar-refractivity contribution in [3.8, 4) is 5.75 Å². The minimum Gasteiger partial charge on any atom is -0.484 e. The molecule has 1 aliphatic rings. The van der Waals surface area contributed by atoms with Crippen LogP contribution >= 0.6 is 0 Å². The van der Waals surface area contributed by atoms with Gasteiger partial charge < -0.3 is 29.2 Å². The maximum absolute atomic E-state index is 12.3. The first kappa shape index (κ1) is 18.5. The molecule has 142 valence electrons. The monoisotopic (exact) mass is 374 g/mol. The van der Waals surface area contributed by atoms with Gasteiger partial charge in [0.2, 0.25) is 0 Å². The molecule has 1 fully saturated rings. The van der Waals surface area contributed by atoms with Gasteiger partial charge in [-0.25, -0.2) is 4.79 Å². The molecule has 1 atom stereocenters. The van der Waals surface area contributed by atoms with Crippen LogP contribution in [-0.2, 0) is 14.3 Å². The third-order valence-corrected chi connectivity index (χ3v) is 3.93. The highest BCUT2D eigenvalue weighted by Gasteiger charge is 2.32. The Hall–Kier alpha value is -3.33. The van der Waals surface area contributed by atoms with Crippen molar-refractivity contribution in [3.05, 3.63) is 48.4 Å². The number of ether oxygens (including phenoxy) is 2. The van der Waals surface area contributed by atoms with Crippen molar-refractivity contribution < 1.29 is 33.4 Å². The van der Waals surface area contributed by atoms with E-state index in [9.17, 15) is 19.5 Å². The largest absolute Gasteiger partial charge is 0.484 e. The van der Waals surface area contributed by atoms with Crippen LogP contribution in [-0.4, -0.2) is 60.2 Å². The number of anilines is 1. The first-order valence-electron chi connectivity index (χ1n) is 8.22. The highest BCUT2D eigenvalue weighted by atomic mass is 16.5. The Morgan fingerprint density at radius 3 is 2.85 bits per heavy atom. The Kier molecular flexibility index (Phi) is 5.72. The Bertz CT molecular complexity index is 819. The van der Waals surface area contributed by atoms with Crippen molar-refractivity contribution in [2.75, 3.05) is 31.7 Å². The normalized spacial score (nSPS) is 16.6. The summed E-state index contributed by atoms with van der Waals surface area (Å²) >= 11 is 0. The summed E-state index contributed by atoms with van der Waals surface area (Å²) in [5.41, 5.74) is 0.469. The Morgan fingerprint density at radius 1 is 1.26 bits per heavy atom. The van der Waals surface area contributed by atoms with Crippen molar-refractivity contribution in [1.82, 2.24) is 4.90 Å². The molecular formula is C18H18N2O7. The summed E-state index contributed by atoms with van der Waals surface area (Å²) in [4.78, 5) is 36.7. The van der Waals surface area contributed by atoms with Crippen LogP contribution in [0.3, 0.4) is 0 Å². The van der Waals surface area contributed by atoms with Crippen molar-refractivity contribution in [2.24, 2.45) is 0 Å². The number of hydrogen-bond acceptors (Lipinski definition) is 6. The summed E-state index contributed by atoms with van der Waals surface area (Å²) in [6.45, 7) is 0.108. The molecule has 1 aromatic heterocycles. The molecule has 1 aromatic carbocycles. The quantitative estimate of drug-likeness (QED) is 0.780. The van der Waals surface area contributed by atoms with Crippen LogP contribution in [0.25, 0.3) is 0 Å². The minimum absolute atomic E-state index is 0.0463. The topological polar surface area (TPSA) is 118 Å². The molecule has 9 nitrogen and oxygen atoms in total. The van der Waals surface area contributed by atoms with Crippen LogP contribution in [0, 0.1) is 0 Å². The van der Waals surface area contributed by atoms with Crippen LogP contribution < -0.4 is 10.1 Å². The number of aliphatic carboxylic acids is 1. The molecule has 9 heteroatoms. The molecule has 0 saturated carbocycles. The molecule has 3 rings (SSSR count). The Morgan fingerprint density at radius 2 is 2.11 bits per heavy atom. The number of carbonyl (C=O) groups excluding carboxylic acids is 2. The van der Waals surface area contributed by atoms with E-state index >= 15 is 0 Å². The van der Waals surface area contributed by atoms with Gasteiger partial charge in [0.05, 0.1) is 19.5 Å². The molecular weight excluding hydrogens is 356 g/mol. The van der Waals surface area contributed by atoms with Gasteiger partial charge in [0.25, 0.3) is 11.8 Å². The van der Waals surface area contributed by atoms with Crippen molar-refractivity contribution in [2.45, 2.75) is 6.04 Å². The smallest absolute Gasteiger partial charge is 0.328 e. The van der Waals surface area contributed by atoms with Gasteiger partial charge in [0.1, 0.15) is 5.75 Å². The van der Waals surface area contributed by atoms with Crippen molar-refractivity contribution in [1.29, 1.82) is 0 Å². The third kappa shape index (κ3) is 4.64. The lowest BCUT2D eigenvalue weighted by atomic mass is 10.2.